The molecule has 0 bridgehead atoms. The first-order valence-corrected chi connectivity index (χ1v) is 8.06. The summed E-state index contributed by atoms with van der Waals surface area (Å²) in [6.07, 6.45) is -13.7. The summed E-state index contributed by atoms with van der Waals surface area (Å²) in [5.41, 5.74) is 0. The summed E-state index contributed by atoms with van der Waals surface area (Å²) in [7, 11) is 0. The third kappa shape index (κ3) is 4.31. The number of carbonyl (C=O) groups excluding carboxylic acids is 1. The Labute approximate surface area is 148 Å². The largest absolute Gasteiger partial charge is 0.394 e. The van der Waals surface area contributed by atoms with Crippen LogP contribution in [0.2, 0.25) is 0 Å². The molecule has 2 aliphatic rings. The molecular formula is C14H25NO11. The van der Waals surface area contributed by atoms with Crippen LogP contribution in [-0.2, 0) is 19.0 Å². The van der Waals surface area contributed by atoms with Gasteiger partial charge in [-0.3, -0.25) is 4.79 Å². The number of hydrogen-bond donors (Lipinski definition) is 8. The molecule has 2 rings (SSSR count). The summed E-state index contributed by atoms with van der Waals surface area (Å²) in [4.78, 5) is 11.4. The normalized spacial score (nSPS) is 46.8. The van der Waals surface area contributed by atoms with E-state index in [4.69, 9.17) is 14.2 Å². The van der Waals surface area contributed by atoms with Crippen LogP contribution in [-0.4, -0.2) is 116 Å². The molecule has 0 saturated carbocycles. The van der Waals surface area contributed by atoms with Crippen LogP contribution in [0.1, 0.15) is 6.92 Å². The Kier molecular flexibility index (Phi) is 7.27. The number of ether oxygens (including phenoxy) is 3. The summed E-state index contributed by atoms with van der Waals surface area (Å²) in [5.74, 6) is -0.574. The van der Waals surface area contributed by atoms with Crippen LogP contribution in [0.3, 0.4) is 0 Å². The fourth-order valence-electron chi connectivity index (χ4n) is 2.97. The zero-order valence-corrected chi connectivity index (χ0v) is 14.0. The number of hydrogen-bond acceptors (Lipinski definition) is 11. The molecule has 0 aromatic rings. The first-order valence-electron chi connectivity index (χ1n) is 8.06. The fourth-order valence-corrected chi connectivity index (χ4v) is 2.97. The number of nitrogens with one attached hydrogen (secondary N) is 1. The lowest BCUT2D eigenvalue weighted by molar-refractivity contribution is -0.341. The van der Waals surface area contributed by atoms with Crippen molar-refractivity contribution in [2.75, 3.05) is 13.2 Å². The van der Waals surface area contributed by atoms with Gasteiger partial charge in [0.1, 0.15) is 48.8 Å². The van der Waals surface area contributed by atoms with Gasteiger partial charge in [0, 0.05) is 6.92 Å². The predicted octanol–water partition coefficient (Wildman–Crippen LogP) is -5.25. The Morgan fingerprint density at radius 1 is 0.923 bits per heavy atom. The Morgan fingerprint density at radius 2 is 1.50 bits per heavy atom. The van der Waals surface area contributed by atoms with Gasteiger partial charge in [-0.2, -0.15) is 0 Å². The van der Waals surface area contributed by atoms with Crippen LogP contribution < -0.4 is 5.32 Å². The Morgan fingerprint density at radius 3 is 2.04 bits per heavy atom. The molecule has 10 atom stereocenters. The van der Waals surface area contributed by atoms with Crippen LogP contribution in [0.5, 0.6) is 0 Å². The summed E-state index contributed by atoms with van der Waals surface area (Å²) >= 11 is 0. The minimum atomic E-state index is -1.74. The van der Waals surface area contributed by atoms with E-state index in [2.05, 4.69) is 5.32 Å². The van der Waals surface area contributed by atoms with Gasteiger partial charge in [-0.1, -0.05) is 0 Å². The molecule has 8 N–H and O–H groups in total. The van der Waals surface area contributed by atoms with Crippen LogP contribution in [0.15, 0.2) is 0 Å². The van der Waals surface area contributed by atoms with E-state index in [0.717, 1.165) is 6.92 Å². The molecule has 12 nitrogen and oxygen atoms in total. The lowest BCUT2D eigenvalue weighted by atomic mass is 9.95. The zero-order chi connectivity index (χ0) is 19.6. The van der Waals surface area contributed by atoms with E-state index in [1.165, 1.54) is 0 Å². The topological polar surface area (TPSA) is 198 Å². The maximum atomic E-state index is 11.4. The van der Waals surface area contributed by atoms with Gasteiger partial charge in [-0.25, -0.2) is 0 Å². The molecule has 3 unspecified atom stereocenters. The predicted molar refractivity (Wildman–Crippen MR) is 80.2 cm³/mol. The SMILES string of the molecule is CC(=O)N[C@H]1C(O[C@@H]2OC(CO)[C@H](O)[C@H](O)[C@@H]2O)[C@@H](O)C(CO)O[C@H]1O. The molecule has 2 fully saturated rings. The van der Waals surface area contributed by atoms with Crippen molar-refractivity contribution in [3.05, 3.63) is 0 Å². The summed E-state index contributed by atoms with van der Waals surface area (Å²) in [6, 6.07) is -1.28. The molecule has 2 saturated heterocycles. The third-order valence-corrected chi connectivity index (χ3v) is 4.38. The number of aliphatic hydroxyl groups excluding tert-OH is 7. The van der Waals surface area contributed by atoms with Crippen LogP contribution in [0.25, 0.3) is 0 Å². The molecule has 26 heavy (non-hydrogen) atoms. The third-order valence-electron chi connectivity index (χ3n) is 4.38. The van der Waals surface area contributed by atoms with Gasteiger partial charge in [0.05, 0.1) is 13.2 Å². The highest BCUT2D eigenvalue weighted by atomic mass is 16.7. The Hall–Kier alpha value is -0.930. The van der Waals surface area contributed by atoms with Crippen LogP contribution in [0, 0.1) is 0 Å². The van der Waals surface area contributed by atoms with E-state index in [1.54, 1.807) is 0 Å². The molecule has 2 heterocycles. The Bertz CT molecular complexity index is 478. The quantitative estimate of drug-likeness (QED) is 0.226. The fraction of sp³-hybridized carbons (Fsp3) is 0.929. The van der Waals surface area contributed by atoms with Gasteiger partial charge in [0.25, 0.3) is 0 Å². The summed E-state index contributed by atoms with van der Waals surface area (Å²) in [5, 5.41) is 70.7. The number of amides is 1. The number of carbonyl (C=O) groups is 1. The van der Waals surface area contributed by atoms with E-state index in [-0.39, 0.29) is 0 Å². The van der Waals surface area contributed by atoms with Gasteiger partial charge in [0.15, 0.2) is 12.6 Å². The molecule has 0 aliphatic carbocycles. The summed E-state index contributed by atoms with van der Waals surface area (Å²) in [6.45, 7) is -0.195. The lowest BCUT2D eigenvalue weighted by Crippen LogP contribution is -2.67. The van der Waals surface area contributed by atoms with Crippen molar-refractivity contribution < 1.29 is 54.8 Å². The molecule has 12 heteroatoms. The van der Waals surface area contributed by atoms with E-state index in [9.17, 15) is 40.5 Å². The maximum absolute atomic E-state index is 11.4. The number of aliphatic hydroxyl groups is 7. The molecule has 152 valence electrons. The van der Waals surface area contributed by atoms with Gasteiger partial charge in [-0.15, -0.1) is 0 Å². The van der Waals surface area contributed by atoms with Crippen molar-refractivity contribution in [2.45, 2.75) is 68.3 Å². The van der Waals surface area contributed by atoms with Crippen LogP contribution >= 0.6 is 0 Å². The van der Waals surface area contributed by atoms with Gasteiger partial charge >= 0.3 is 0 Å². The summed E-state index contributed by atoms with van der Waals surface area (Å²) < 4.78 is 15.7. The van der Waals surface area contributed by atoms with Crippen molar-refractivity contribution in [1.29, 1.82) is 0 Å². The minimum Gasteiger partial charge on any atom is -0.394 e. The highest BCUT2D eigenvalue weighted by molar-refractivity contribution is 5.73. The van der Waals surface area contributed by atoms with Crippen molar-refractivity contribution in [3.8, 4) is 0 Å². The standard InChI is InChI=1S/C14H25NO11/c1-4(18)15-7-12(9(20)6(3-17)24-13(7)23)26-14-11(22)10(21)8(19)5(2-16)25-14/h5-14,16-17,19-23H,2-3H2,1H3,(H,15,18)/t5?,6?,7-,8-,9-,10-,11-,12?,13+,14-/m0/s1. The van der Waals surface area contributed by atoms with E-state index < -0.39 is 80.5 Å². The van der Waals surface area contributed by atoms with E-state index >= 15 is 0 Å². The van der Waals surface area contributed by atoms with Crippen molar-refractivity contribution in [1.82, 2.24) is 5.32 Å². The first kappa shape index (κ1) is 21.4. The van der Waals surface area contributed by atoms with Crippen molar-refractivity contribution in [2.24, 2.45) is 0 Å². The second-order valence-electron chi connectivity index (χ2n) is 6.26. The highest BCUT2D eigenvalue weighted by Gasteiger charge is 2.50. The second-order valence-corrected chi connectivity index (χ2v) is 6.26. The van der Waals surface area contributed by atoms with Crippen molar-refractivity contribution in [3.63, 3.8) is 0 Å². The smallest absolute Gasteiger partial charge is 0.217 e. The molecule has 0 aromatic heterocycles. The second kappa shape index (κ2) is 8.84. The number of rotatable bonds is 5. The zero-order valence-electron chi connectivity index (χ0n) is 14.0. The molecule has 0 radical (unpaired) electrons. The molecular weight excluding hydrogens is 358 g/mol. The first-order chi connectivity index (χ1) is 12.2. The van der Waals surface area contributed by atoms with E-state index in [1.807, 2.05) is 0 Å². The van der Waals surface area contributed by atoms with E-state index in [0.29, 0.717) is 0 Å². The maximum Gasteiger partial charge on any atom is 0.217 e. The monoisotopic (exact) mass is 383 g/mol. The molecule has 2 aliphatic heterocycles. The van der Waals surface area contributed by atoms with Gasteiger partial charge in [0.2, 0.25) is 5.91 Å². The Balaban J connectivity index is 2.21. The van der Waals surface area contributed by atoms with Crippen LogP contribution in [0.4, 0.5) is 0 Å². The average molecular weight is 383 g/mol. The van der Waals surface area contributed by atoms with Gasteiger partial charge in [-0.05, 0) is 0 Å². The molecule has 0 spiro atoms. The lowest BCUT2D eigenvalue weighted by Gasteiger charge is -2.46. The molecule has 1 amide bonds. The van der Waals surface area contributed by atoms with Crippen molar-refractivity contribution >= 4 is 5.91 Å². The molecule has 0 aromatic carbocycles. The minimum absolute atomic E-state index is 0.574. The average Bonchev–Trinajstić information content (AvgIpc) is 2.60. The highest BCUT2D eigenvalue weighted by Crippen LogP contribution is 2.28. The van der Waals surface area contributed by atoms with Gasteiger partial charge < -0.3 is 55.3 Å².